The van der Waals surface area contributed by atoms with E-state index in [9.17, 15) is 71.5 Å². The van der Waals surface area contributed by atoms with Gasteiger partial charge < -0.3 is 129 Å². The predicted octanol–water partition coefficient (Wildman–Crippen LogP) is 3.04. The highest BCUT2D eigenvalue weighted by Crippen LogP contribution is 2.76. The molecule has 6 aliphatic heterocycles. The molecule has 9 fully saturated rings. The number of fused-ring (bicyclic) bond motifs is 9. The fraction of sp³-hybridized carbons (Fsp3) is 0.805. The molecule has 0 bridgehead atoms. The van der Waals surface area contributed by atoms with Crippen molar-refractivity contribution in [3.8, 4) is 0 Å². The number of aliphatic hydroxyl groups excluding tert-OH is 14. The summed E-state index contributed by atoms with van der Waals surface area (Å²) in [5.41, 5.74) is 3.16. The lowest BCUT2D eigenvalue weighted by Crippen LogP contribution is -2.68. The van der Waals surface area contributed by atoms with Crippen LogP contribution in [-0.2, 0) is 65.0 Å². The lowest BCUT2D eigenvalue weighted by Gasteiger charge is -2.71. The Morgan fingerprint density at radius 3 is 1.83 bits per heavy atom. The number of rotatable bonds is 15. The van der Waals surface area contributed by atoms with Crippen molar-refractivity contribution < 1.29 is 124 Å². The summed E-state index contributed by atoms with van der Waals surface area (Å²) < 4.78 is 59.6. The van der Waals surface area contributed by atoms with Crippen molar-refractivity contribution in [1.82, 2.24) is 4.90 Å². The molecule has 2 aromatic rings. The summed E-state index contributed by atoms with van der Waals surface area (Å²) in [6, 6.07) is 15.1. The van der Waals surface area contributed by atoms with Crippen LogP contribution in [0.25, 0.3) is 0 Å². The molecule has 11 aliphatic rings. The molecular weight excluding hydrogens is 1420 g/mol. The minimum absolute atomic E-state index is 0. The van der Waals surface area contributed by atoms with Crippen LogP contribution in [0, 0.1) is 50.2 Å². The monoisotopic (exact) mass is 1540 g/mol. The van der Waals surface area contributed by atoms with Crippen LogP contribution in [0.5, 0.6) is 0 Å². The third kappa shape index (κ3) is 15.3. The molecule has 14 N–H and O–H groups in total. The van der Waals surface area contributed by atoms with Gasteiger partial charge in [-0.2, -0.15) is 0 Å². The van der Waals surface area contributed by atoms with E-state index < -0.39 is 195 Å². The molecule has 6 heterocycles. The first kappa shape index (κ1) is 84.0. The number of nitrogens with zero attached hydrogens (tertiary/aromatic N) is 2. The number of hydrogen-bond acceptors (Lipinski definition) is 27. The number of ether oxygens (including phenoxy) is 10. The van der Waals surface area contributed by atoms with Crippen LogP contribution in [0.1, 0.15) is 138 Å². The molecule has 600 valence electrons. The van der Waals surface area contributed by atoms with Gasteiger partial charge in [0.15, 0.2) is 31.3 Å². The van der Waals surface area contributed by atoms with Crippen LogP contribution in [0.3, 0.4) is 0 Å². The number of anilines is 2. The third-order valence-corrected chi connectivity index (χ3v) is 27.2. The van der Waals surface area contributed by atoms with Crippen LogP contribution < -0.4 is 4.90 Å². The molecule has 13 rings (SSSR count). The third-order valence-electron chi connectivity index (χ3n) is 27.0. The smallest absolute Gasteiger partial charge is 0.317 e. The van der Waals surface area contributed by atoms with Crippen molar-refractivity contribution in [2.45, 2.75) is 293 Å². The summed E-state index contributed by atoms with van der Waals surface area (Å²) in [6.45, 7) is 19.3. The summed E-state index contributed by atoms with van der Waals surface area (Å²) in [5.74, 6) is -1.00. The van der Waals surface area contributed by atoms with Gasteiger partial charge in [-0.25, -0.2) is 0 Å². The average Bonchev–Trinajstić information content (AvgIpc) is 0.700. The molecular formula is C77H118Cl2N2O25. The fourth-order valence-electron chi connectivity index (χ4n) is 20.6. The van der Waals surface area contributed by atoms with Crippen molar-refractivity contribution >= 4 is 41.4 Å². The summed E-state index contributed by atoms with van der Waals surface area (Å²) in [6.07, 6.45) is -25.9. The largest absolute Gasteiger partial charge is 0.432 e. The van der Waals surface area contributed by atoms with Gasteiger partial charge in [0.1, 0.15) is 97.0 Å². The maximum atomic E-state index is 15.4. The molecule has 29 heteroatoms. The van der Waals surface area contributed by atoms with Gasteiger partial charge in [0.05, 0.1) is 44.2 Å². The highest BCUT2D eigenvalue weighted by molar-refractivity contribution is 6.31. The number of carbonyl (C=O) groups is 1. The number of allylic oxidation sites excluding steroid dienone is 2. The van der Waals surface area contributed by atoms with Crippen molar-refractivity contribution in [3.05, 3.63) is 70.3 Å². The molecule has 0 spiro atoms. The maximum absolute atomic E-state index is 15.4. The Morgan fingerprint density at radius 1 is 0.604 bits per heavy atom. The molecule has 32 unspecified atom stereocenters. The van der Waals surface area contributed by atoms with Gasteiger partial charge in [-0.1, -0.05) is 96.0 Å². The van der Waals surface area contributed by atoms with Gasteiger partial charge in [0.2, 0.25) is 6.29 Å². The van der Waals surface area contributed by atoms with Crippen LogP contribution in [-0.4, -0.2) is 283 Å². The fourth-order valence-corrected chi connectivity index (χ4v) is 20.8. The second-order valence-electron chi connectivity index (χ2n) is 34.5. The number of para-hydroxylation sites is 1. The van der Waals surface area contributed by atoms with Gasteiger partial charge >= 0.3 is 5.97 Å². The number of halogens is 2. The molecule has 2 aromatic carbocycles. The molecule has 32 atom stereocenters. The Morgan fingerprint density at radius 2 is 1.18 bits per heavy atom. The van der Waals surface area contributed by atoms with Crippen LogP contribution in [0.2, 0.25) is 5.02 Å². The number of aryl methyl sites for hydroxylation is 2. The summed E-state index contributed by atoms with van der Waals surface area (Å²) in [4.78, 5) is 20.1. The van der Waals surface area contributed by atoms with E-state index in [1.54, 1.807) is 6.92 Å². The van der Waals surface area contributed by atoms with E-state index >= 15 is 4.79 Å². The van der Waals surface area contributed by atoms with E-state index in [0.717, 1.165) is 62.2 Å². The first-order chi connectivity index (χ1) is 49.4. The summed E-state index contributed by atoms with van der Waals surface area (Å²) >= 11 is 6.27. The molecule has 0 amide bonds. The molecule has 0 aromatic heterocycles. The zero-order valence-electron chi connectivity index (χ0n) is 62.7. The van der Waals surface area contributed by atoms with Crippen LogP contribution in [0.4, 0.5) is 11.4 Å². The lowest BCUT2D eigenvalue weighted by molar-refractivity contribution is -0.374. The Bertz CT molecular complexity index is 3360. The molecule has 5 saturated heterocycles. The normalized spacial score (nSPS) is 46.0. The zero-order chi connectivity index (χ0) is 76.1. The van der Waals surface area contributed by atoms with Crippen molar-refractivity contribution in [2.75, 3.05) is 51.9 Å². The van der Waals surface area contributed by atoms with E-state index in [2.05, 4.69) is 115 Å². The van der Waals surface area contributed by atoms with Crippen molar-refractivity contribution in [1.29, 1.82) is 0 Å². The molecule has 106 heavy (non-hydrogen) atoms. The molecule has 0 radical (unpaired) electrons. The topological polar surface area (TPSA) is 399 Å². The highest BCUT2D eigenvalue weighted by atomic mass is 35.5. The van der Waals surface area contributed by atoms with Crippen molar-refractivity contribution in [2.24, 2.45) is 50.2 Å². The second-order valence-corrected chi connectivity index (χ2v) is 34.9. The van der Waals surface area contributed by atoms with E-state index in [4.69, 9.17) is 59.0 Å². The molecule has 5 aliphatic carbocycles. The lowest BCUT2D eigenvalue weighted by atomic mass is 9.33. The van der Waals surface area contributed by atoms with Gasteiger partial charge in [0, 0.05) is 22.9 Å². The Balaban J connectivity index is 0.000000414. The first-order valence-electron chi connectivity index (χ1n) is 37.9. The minimum atomic E-state index is -1.93. The zero-order valence-corrected chi connectivity index (χ0v) is 64.3. The van der Waals surface area contributed by atoms with Gasteiger partial charge in [-0.05, 0) is 186 Å². The van der Waals surface area contributed by atoms with E-state index in [0.29, 0.717) is 25.7 Å². The number of carbonyl (C=O) groups excluding carboxylic acids is 1. The highest BCUT2D eigenvalue weighted by Gasteiger charge is 2.72. The summed E-state index contributed by atoms with van der Waals surface area (Å²) in [7, 11) is 4.25. The Kier molecular flexibility index (Phi) is 25.8. The second kappa shape index (κ2) is 32.5. The van der Waals surface area contributed by atoms with Gasteiger partial charge in [0.25, 0.3) is 0 Å². The standard InChI is InChI=1S/C58H94O25.C19H23ClN2.ClH/c1-23-44(80-47-40(69)34(63)27(60)21-74-47)38(67)42(71)48(76-23)79-33-13-14-55(7)30(54(33,5)6)12-15-56(8)31(55)11-10-25-26-18-53(3,4)16-17-58(26,32(62)19-57(25,56)9)52(73)83-51-46(35(64)28(61)22-75-51)82-49-43(72)39(68)45(24(2)77-49)81-50-41(70)37(66)36(65)29(20-59)78-50;1-21(2)12-5-13-22-18-7-4-3-6-15(18)8-9-16-10-11-17(20)14-19(16)22;/h10,23-24,26-51,59-72H,11-22H2,1-9H3;3-4,6-7,10-11,14H,5,8-9,12-13H2,1-2H3;1H. The quantitative estimate of drug-likeness (QED) is 0.0692. The Hall–Kier alpha value is -2.93. The number of aliphatic hydroxyl groups is 14. The number of benzene rings is 2. The van der Waals surface area contributed by atoms with E-state index in [1.165, 1.54) is 29.4 Å². The predicted molar refractivity (Wildman–Crippen MR) is 385 cm³/mol. The Labute approximate surface area is 632 Å². The average molecular weight is 1540 g/mol. The van der Waals surface area contributed by atoms with E-state index in [1.807, 2.05) is 6.07 Å². The van der Waals surface area contributed by atoms with Crippen molar-refractivity contribution in [3.63, 3.8) is 0 Å². The minimum Gasteiger partial charge on any atom is -0.432 e. The first-order valence-corrected chi connectivity index (χ1v) is 38.3. The van der Waals surface area contributed by atoms with Gasteiger partial charge in [-0.3, -0.25) is 4.79 Å². The van der Waals surface area contributed by atoms with E-state index in [-0.39, 0.29) is 59.9 Å². The van der Waals surface area contributed by atoms with Crippen LogP contribution >= 0.6 is 24.0 Å². The maximum Gasteiger partial charge on any atom is 0.317 e. The van der Waals surface area contributed by atoms with Gasteiger partial charge in [-0.15, -0.1) is 12.4 Å². The number of hydrogen-bond donors (Lipinski definition) is 14. The molecule has 4 saturated carbocycles. The SMILES string of the molecule is CC1OC(OC2CCC3(C)C(CCC4(C)C3CC=C3C5CC(C)(C)CCC5(C(=O)OC5OCC(O)C(O)C5OC5OC(C)C(OC6OC(CO)C(O)C(O)C6O)C(O)C5O)C(O)CC34C)C2(C)C)C(O)C(O)C1OC1OCC(O)C(O)C1O.CN(C)CCCN1c2ccccc2CCc2ccc(Cl)cc21.Cl. The number of esters is 1. The molecule has 27 nitrogen and oxygen atoms in total. The van der Waals surface area contributed by atoms with Crippen LogP contribution in [0.15, 0.2) is 54.1 Å². The summed E-state index contributed by atoms with van der Waals surface area (Å²) in [5, 5.41) is 153.